The first-order valence-electron chi connectivity index (χ1n) is 8.21. The third-order valence-corrected chi connectivity index (χ3v) is 4.34. The molecule has 0 fully saturated rings. The number of nitrogens with one attached hydrogen (secondary N) is 3. The largest absolute Gasteiger partial charge is 0.507 e. The molecular formula is C18H18N6O3S. The van der Waals surface area contributed by atoms with Crippen molar-refractivity contribution in [2.75, 3.05) is 23.6 Å². The molecule has 9 nitrogen and oxygen atoms in total. The van der Waals surface area contributed by atoms with Gasteiger partial charge < -0.3 is 15.2 Å². The SMILES string of the molecule is COc1ccccc1NC(=O)CSc1n[nH]c(N/N=C/c2ccccc2O)n1. The van der Waals surface area contributed by atoms with Crippen LogP contribution in [0.4, 0.5) is 11.6 Å². The summed E-state index contributed by atoms with van der Waals surface area (Å²) in [5, 5.41) is 23.5. The maximum Gasteiger partial charge on any atom is 0.240 e. The van der Waals surface area contributed by atoms with Crippen molar-refractivity contribution < 1.29 is 14.6 Å². The van der Waals surface area contributed by atoms with Gasteiger partial charge >= 0.3 is 0 Å². The number of hydrazone groups is 1. The van der Waals surface area contributed by atoms with E-state index < -0.39 is 0 Å². The smallest absolute Gasteiger partial charge is 0.240 e. The summed E-state index contributed by atoms with van der Waals surface area (Å²) in [7, 11) is 1.55. The van der Waals surface area contributed by atoms with Crippen LogP contribution in [-0.2, 0) is 4.79 Å². The molecule has 144 valence electrons. The fraction of sp³-hybridized carbons (Fsp3) is 0.111. The number of rotatable bonds is 8. The van der Waals surface area contributed by atoms with Crippen molar-refractivity contribution in [3.8, 4) is 11.5 Å². The molecule has 2 aromatic carbocycles. The molecule has 10 heteroatoms. The van der Waals surface area contributed by atoms with Crippen LogP contribution in [-0.4, -0.2) is 45.3 Å². The van der Waals surface area contributed by atoms with E-state index in [1.165, 1.54) is 18.0 Å². The standard InChI is InChI=1S/C18H18N6O3S/c1-27-15-9-5-3-7-13(15)20-16(26)11-28-18-21-17(23-24-18)22-19-10-12-6-2-4-8-14(12)25/h2-10,25H,11H2,1H3,(H,20,26)(H2,21,22,23,24)/b19-10+. The van der Waals surface area contributed by atoms with Crippen LogP contribution >= 0.6 is 11.8 Å². The van der Waals surface area contributed by atoms with Crippen molar-refractivity contribution in [3.05, 3.63) is 54.1 Å². The second-order valence-corrected chi connectivity index (χ2v) is 6.38. The van der Waals surface area contributed by atoms with E-state index in [9.17, 15) is 9.90 Å². The van der Waals surface area contributed by atoms with Gasteiger partial charge in [-0.15, -0.1) is 5.10 Å². The number of anilines is 2. The highest BCUT2D eigenvalue weighted by Gasteiger charge is 2.10. The molecule has 0 bridgehead atoms. The lowest BCUT2D eigenvalue weighted by Crippen LogP contribution is -2.14. The van der Waals surface area contributed by atoms with Gasteiger partial charge in [-0.2, -0.15) is 10.1 Å². The molecule has 3 rings (SSSR count). The number of amides is 1. The van der Waals surface area contributed by atoms with E-state index in [-0.39, 0.29) is 17.4 Å². The minimum atomic E-state index is -0.202. The maximum absolute atomic E-state index is 12.1. The number of thioether (sulfide) groups is 1. The van der Waals surface area contributed by atoms with Crippen molar-refractivity contribution >= 4 is 35.5 Å². The molecule has 1 amide bonds. The van der Waals surface area contributed by atoms with Crippen LogP contribution in [0.25, 0.3) is 0 Å². The zero-order chi connectivity index (χ0) is 19.8. The maximum atomic E-state index is 12.1. The van der Waals surface area contributed by atoms with Gasteiger partial charge in [-0.25, -0.2) is 10.5 Å². The Labute approximate surface area is 165 Å². The van der Waals surface area contributed by atoms with E-state index in [1.54, 1.807) is 43.5 Å². The summed E-state index contributed by atoms with van der Waals surface area (Å²) in [5.41, 5.74) is 3.85. The highest BCUT2D eigenvalue weighted by atomic mass is 32.2. The number of ether oxygens (including phenoxy) is 1. The Kier molecular flexibility index (Phi) is 6.47. The summed E-state index contributed by atoms with van der Waals surface area (Å²) in [5.74, 6) is 0.970. The minimum absolute atomic E-state index is 0.128. The van der Waals surface area contributed by atoms with Crippen LogP contribution < -0.4 is 15.5 Å². The Morgan fingerprint density at radius 1 is 1.29 bits per heavy atom. The molecule has 1 aromatic heterocycles. The van der Waals surface area contributed by atoms with Gasteiger partial charge in [0, 0.05) is 5.56 Å². The number of hydrogen-bond acceptors (Lipinski definition) is 8. The molecule has 3 aromatic rings. The molecule has 0 aliphatic heterocycles. The van der Waals surface area contributed by atoms with Gasteiger partial charge in [0.05, 0.1) is 24.8 Å². The molecule has 0 saturated heterocycles. The Morgan fingerprint density at radius 3 is 2.89 bits per heavy atom. The number of aromatic amines is 1. The first kappa shape index (κ1) is 19.2. The van der Waals surface area contributed by atoms with E-state index >= 15 is 0 Å². The highest BCUT2D eigenvalue weighted by Crippen LogP contribution is 2.23. The average molecular weight is 398 g/mol. The van der Waals surface area contributed by atoms with Crippen molar-refractivity contribution in [1.29, 1.82) is 0 Å². The Bertz CT molecular complexity index is 975. The number of hydrogen-bond donors (Lipinski definition) is 4. The van der Waals surface area contributed by atoms with Gasteiger partial charge in [0.2, 0.25) is 17.0 Å². The van der Waals surface area contributed by atoms with E-state index in [0.29, 0.717) is 28.1 Å². The van der Waals surface area contributed by atoms with Gasteiger partial charge in [-0.1, -0.05) is 36.0 Å². The molecule has 0 aliphatic rings. The van der Waals surface area contributed by atoms with Crippen molar-refractivity contribution in [3.63, 3.8) is 0 Å². The predicted octanol–water partition coefficient (Wildman–Crippen LogP) is 2.70. The quantitative estimate of drug-likeness (QED) is 0.261. The lowest BCUT2D eigenvalue weighted by molar-refractivity contribution is -0.113. The number of methoxy groups -OCH3 is 1. The van der Waals surface area contributed by atoms with Gasteiger partial charge in [0.1, 0.15) is 11.5 Å². The van der Waals surface area contributed by atoms with Gasteiger partial charge in [0.15, 0.2) is 0 Å². The molecule has 0 atom stereocenters. The van der Waals surface area contributed by atoms with Crippen LogP contribution in [0.5, 0.6) is 11.5 Å². The molecular weight excluding hydrogens is 380 g/mol. The van der Waals surface area contributed by atoms with Crippen molar-refractivity contribution in [2.24, 2.45) is 5.10 Å². The fourth-order valence-electron chi connectivity index (χ4n) is 2.18. The van der Waals surface area contributed by atoms with Crippen LogP contribution in [0.1, 0.15) is 5.56 Å². The third-order valence-electron chi connectivity index (χ3n) is 3.49. The van der Waals surface area contributed by atoms with Crippen LogP contribution in [0.15, 0.2) is 58.8 Å². The second-order valence-electron chi connectivity index (χ2n) is 5.43. The molecule has 0 radical (unpaired) electrons. The number of aromatic nitrogens is 3. The van der Waals surface area contributed by atoms with E-state index in [0.717, 1.165) is 0 Å². The molecule has 4 N–H and O–H groups in total. The molecule has 0 saturated carbocycles. The lowest BCUT2D eigenvalue weighted by atomic mass is 10.2. The van der Waals surface area contributed by atoms with Crippen molar-refractivity contribution in [2.45, 2.75) is 5.16 Å². The normalized spacial score (nSPS) is 10.8. The number of H-pyrrole nitrogens is 1. The van der Waals surface area contributed by atoms with Gasteiger partial charge in [-0.3, -0.25) is 4.79 Å². The summed E-state index contributed by atoms with van der Waals surface area (Å²) in [6.45, 7) is 0. The fourth-order valence-corrected chi connectivity index (χ4v) is 2.78. The summed E-state index contributed by atoms with van der Waals surface area (Å²) in [4.78, 5) is 16.3. The minimum Gasteiger partial charge on any atom is -0.507 e. The molecule has 0 spiro atoms. The number of phenolic OH excluding ortho intramolecular Hbond substituents is 1. The third kappa shape index (κ3) is 5.24. The van der Waals surface area contributed by atoms with E-state index in [2.05, 4.69) is 31.0 Å². The number of aromatic hydroxyl groups is 1. The predicted molar refractivity (Wildman–Crippen MR) is 108 cm³/mol. The summed E-state index contributed by atoms with van der Waals surface area (Å²) in [6.07, 6.45) is 1.46. The Hall–Kier alpha value is -3.53. The number of benzene rings is 2. The monoisotopic (exact) mass is 398 g/mol. The number of carbonyl (C=O) groups excluding carboxylic acids is 1. The van der Waals surface area contributed by atoms with Crippen LogP contribution in [0, 0.1) is 0 Å². The highest BCUT2D eigenvalue weighted by molar-refractivity contribution is 7.99. The average Bonchev–Trinajstić information content (AvgIpc) is 3.16. The molecule has 28 heavy (non-hydrogen) atoms. The summed E-state index contributed by atoms with van der Waals surface area (Å²) < 4.78 is 5.20. The Morgan fingerprint density at radius 2 is 2.07 bits per heavy atom. The Balaban J connectivity index is 1.49. The first-order valence-corrected chi connectivity index (χ1v) is 9.19. The number of carbonyl (C=O) groups is 1. The van der Waals surface area contributed by atoms with Crippen LogP contribution in [0.3, 0.4) is 0 Å². The van der Waals surface area contributed by atoms with Crippen LogP contribution in [0.2, 0.25) is 0 Å². The lowest BCUT2D eigenvalue weighted by Gasteiger charge is -2.08. The molecule has 1 heterocycles. The zero-order valence-corrected chi connectivity index (χ0v) is 15.7. The number of para-hydroxylation sites is 3. The van der Waals surface area contributed by atoms with Gasteiger partial charge in [-0.05, 0) is 24.3 Å². The number of phenols is 1. The van der Waals surface area contributed by atoms with E-state index in [1.807, 2.05) is 12.1 Å². The zero-order valence-electron chi connectivity index (χ0n) is 14.9. The van der Waals surface area contributed by atoms with Crippen molar-refractivity contribution in [1.82, 2.24) is 15.2 Å². The summed E-state index contributed by atoms with van der Waals surface area (Å²) >= 11 is 1.18. The molecule has 0 aliphatic carbocycles. The molecule has 0 unspecified atom stereocenters. The van der Waals surface area contributed by atoms with E-state index in [4.69, 9.17) is 4.74 Å². The van der Waals surface area contributed by atoms with Gasteiger partial charge in [0.25, 0.3) is 0 Å². The first-order chi connectivity index (χ1) is 13.7. The summed E-state index contributed by atoms with van der Waals surface area (Å²) in [6, 6.07) is 14.0. The topological polar surface area (TPSA) is 125 Å². The number of nitrogens with zero attached hydrogens (tertiary/aromatic N) is 3. The second kappa shape index (κ2) is 9.42.